The molecular weight excluding hydrogens is 1770 g/mol. The molecule has 0 bridgehead atoms. The average Bonchev–Trinajstić information content (AvgIpc) is 1.19. The predicted molar refractivity (Wildman–Crippen MR) is 579 cm³/mol. The number of benzene rings is 16. The number of anilines is 9. The van der Waals surface area contributed by atoms with E-state index in [9.17, 15) is 5.11 Å². The first kappa shape index (κ1) is 86.4. The van der Waals surface area contributed by atoms with Crippen molar-refractivity contribution in [2.75, 3.05) is 14.7 Å². The van der Waals surface area contributed by atoms with Gasteiger partial charge in [0.2, 0.25) is 0 Å². The summed E-state index contributed by atoms with van der Waals surface area (Å²) in [5.41, 5.74) is 36.7. The highest BCUT2D eigenvalue weighted by Gasteiger charge is 2.59. The Kier molecular flexibility index (Phi) is 20.9. The quantitative estimate of drug-likeness (QED) is 0.142. The van der Waals surface area contributed by atoms with Gasteiger partial charge in [-0.2, -0.15) is 0 Å². The second-order valence-electron chi connectivity index (χ2n) is 37.6. The highest BCUT2D eigenvalue weighted by atomic mass is 35.5. The minimum absolute atomic E-state index is 0.457. The molecule has 0 atom stereocenters. The monoisotopic (exact) mass is 1870 g/mol. The topological polar surface area (TPSA) is 107 Å². The normalized spacial score (nSPS) is 14.8. The Labute approximate surface area is 842 Å². The van der Waals surface area contributed by atoms with Crippen molar-refractivity contribution < 1.29 is 5.11 Å². The number of hydrogen-bond acceptors (Lipinski definition) is 10. The summed E-state index contributed by atoms with van der Waals surface area (Å²) < 4.78 is 0. The van der Waals surface area contributed by atoms with E-state index in [4.69, 9.17) is 31.5 Å². The lowest BCUT2D eigenvalue weighted by molar-refractivity contribution is 0.131. The summed E-state index contributed by atoms with van der Waals surface area (Å²) in [6.45, 7) is 2.33. The number of rotatable bonds is 10. The number of aliphatic hydroxyl groups is 1. The fourth-order valence-corrected chi connectivity index (χ4v) is 25.3. The van der Waals surface area contributed by atoms with Crippen LogP contribution in [0.1, 0.15) is 129 Å². The van der Waals surface area contributed by atoms with Gasteiger partial charge in [-0.25, -0.2) is 0 Å². The van der Waals surface area contributed by atoms with Crippen LogP contribution >= 0.6 is 11.6 Å². The Balaban J connectivity index is 0.000000106. The van der Waals surface area contributed by atoms with E-state index in [-0.39, 0.29) is 0 Å². The van der Waals surface area contributed by atoms with Crippen LogP contribution < -0.4 is 14.7 Å². The summed E-state index contributed by atoms with van der Waals surface area (Å²) >= 11 is 5.54. The average molecular weight is 1870 g/mol. The molecule has 1 N–H and O–H groups in total. The summed E-state index contributed by atoms with van der Waals surface area (Å²) in [6, 6.07) is 177. The van der Waals surface area contributed by atoms with E-state index in [1.165, 1.54) is 134 Å². The van der Waals surface area contributed by atoms with E-state index in [2.05, 4.69) is 444 Å². The summed E-state index contributed by atoms with van der Waals surface area (Å²) in [4.78, 5) is 36.3. The first-order valence-corrected chi connectivity index (χ1v) is 49.4. The van der Waals surface area contributed by atoms with Gasteiger partial charge in [-0.15, -0.1) is 0 Å². The molecule has 4 aliphatic heterocycles. The van der Waals surface area contributed by atoms with Gasteiger partial charge in [-0.05, 0) is 210 Å². The maximum Gasteiger partial charge on any atom is 0.146 e. The Bertz CT molecular complexity index is 7950. The third kappa shape index (κ3) is 12.6. The summed E-state index contributed by atoms with van der Waals surface area (Å²) in [7, 11) is 0. The molecule has 0 saturated heterocycles. The van der Waals surface area contributed by atoms with Crippen LogP contribution in [-0.2, 0) is 32.7 Å². The SMILES string of the molecule is CC1(c2ccccc2N2c3ccccc3C(c3ccccc3)(c3ccccc3)c3ccccc32)c2cccnc2-c2ncccc21.Clc1ccccc1.OC1(c2ccccc2N2c3ccccc3C(c3ccccc3)(c3ccccc3)c3ccccc32)c2cccnc2-c2ncccc21.c1ccc(C2(c3ccccc3)c3ccccc3N3c4ccccc4C4(c5cccnc5-c5ncccc54)c4cccc2c43)cc1. The van der Waals surface area contributed by atoms with Crippen molar-refractivity contribution in [3.05, 3.63) is 662 Å². The fraction of sp³-hybridized carbons (Fsp3) is 0.0526. The van der Waals surface area contributed by atoms with Crippen LogP contribution in [-0.4, -0.2) is 35.0 Å². The van der Waals surface area contributed by atoms with Gasteiger partial charge in [-0.3, -0.25) is 29.9 Å². The second-order valence-corrected chi connectivity index (χ2v) is 38.0. The van der Waals surface area contributed by atoms with Gasteiger partial charge in [0.15, 0.2) is 0 Å². The van der Waals surface area contributed by atoms with Crippen LogP contribution in [0.3, 0.4) is 0 Å². The Morgan fingerprint density at radius 1 is 0.174 bits per heavy atom. The molecule has 7 aliphatic rings. The lowest BCUT2D eigenvalue weighted by atomic mass is 9.58. The molecule has 144 heavy (non-hydrogen) atoms. The lowest BCUT2D eigenvalue weighted by Gasteiger charge is -2.52. The first-order valence-electron chi connectivity index (χ1n) is 49.0. The van der Waals surface area contributed by atoms with E-state index >= 15 is 0 Å². The molecule has 682 valence electrons. The van der Waals surface area contributed by atoms with E-state index < -0.39 is 32.7 Å². The summed E-state index contributed by atoms with van der Waals surface area (Å²) in [5.74, 6) is 0. The van der Waals surface area contributed by atoms with Crippen molar-refractivity contribution in [1.82, 2.24) is 29.9 Å². The molecule has 0 fully saturated rings. The van der Waals surface area contributed by atoms with Crippen molar-refractivity contribution in [3.63, 3.8) is 0 Å². The number of halogens is 1. The van der Waals surface area contributed by atoms with E-state index in [0.717, 1.165) is 67.2 Å². The molecule has 0 radical (unpaired) electrons. The number of hydrogen-bond donors (Lipinski definition) is 1. The van der Waals surface area contributed by atoms with Crippen LogP contribution in [0.5, 0.6) is 0 Å². The molecule has 6 aromatic heterocycles. The minimum Gasteiger partial charge on any atom is -0.376 e. The minimum atomic E-state index is -1.46. The Morgan fingerprint density at radius 2 is 0.368 bits per heavy atom. The molecule has 0 saturated carbocycles. The maximum atomic E-state index is 13.0. The number of pyridine rings is 6. The second kappa shape index (κ2) is 34.8. The van der Waals surface area contributed by atoms with E-state index in [1.807, 2.05) is 110 Å². The molecule has 3 aliphatic carbocycles. The van der Waals surface area contributed by atoms with Crippen molar-refractivity contribution in [1.29, 1.82) is 0 Å². The molecule has 29 rings (SSSR count). The first-order chi connectivity index (χ1) is 71.2. The van der Waals surface area contributed by atoms with Gasteiger partial charge in [0.05, 0.1) is 107 Å². The summed E-state index contributed by atoms with van der Waals surface area (Å²) in [5, 5.41) is 13.8. The van der Waals surface area contributed by atoms with Crippen LogP contribution in [0.25, 0.3) is 34.2 Å². The lowest BCUT2D eigenvalue weighted by Crippen LogP contribution is -2.43. The van der Waals surface area contributed by atoms with Gasteiger partial charge in [0.1, 0.15) is 5.60 Å². The number of aromatic nitrogens is 6. The van der Waals surface area contributed by atoms with Crippen molar-refractivity contribution in [3.8, 4) is 34.2 Å². The van der Waals surface area contributed by atoms with Crippen LogP contribution in [0.2, 0.25) is 5.02 Å². The molecule has 10 heterocycles. The van der Waals surface area contributed by atoms with Crippen molar-refractivity contribution in [2.24, 2.45) is 0 Å². The molecule has 16 aromatic carbocycles. The van der Waals surface area contributed by atoms with Gasteiger partial charge in [0, 0.05) is 64.3 Å². The van der Waals surface area contributed by atoms with Crippen LogP contribution in [0.15, 0.2) is 535 Å². The van der Waals surface area contributed by atoms with Gasteiger partial charge < -0.3 is 19.8 Å². The molecular formula is C133H92ClN9O. The van der Waals surface area contributed by atoms with Crippen molar-refractivity contribution >= 4 is 62.8 Å². The Morgan fingerprint density at radius 3 is 0.667 bits per heavy atom. The molecule has 0 amide bonds. The highest BCUT2D eigenvalue weighted by molar-refractivity contribution is 6.30. The van der Waals surface area contributed by atoms with E-state index in [0.29, 0.717) is 11.4 Å². The molecule has 1 spiro atoms. The zero-order valence-corrected chi connectivity index (χ0v) is 79.4. The molecule has 0 unspecified atom stereocenters. The third-order valence-electron chi connectivity index (χ3n) is 30.7. The third-order valence-corrected chi connectivity index (χ3v) is 31.0. The molecule has 22 aromatic rings. The van der Waals surface area contributed by atoms with Gasteiger partial charge >= 0.3 is 0 Å². The molecule has 11 heteroatoms. The number of para-hydroxylation sites is 9. The largest absolute Gasteiger partial charge is 0.376 e. The number of nitrogens with zero attached hydrogens (tertiary/aromatic N) is 9. The Hall–Kier alpha value is -17.9. The predicted octanol–water partition coefficient (Wildman–Crippen LogP) is 30.5. The summed E-state index contributed by atoms with van der Waals surface area (Å²) in [6.07, 6.45) is 11.1. The number of fused-ring (bicyclic) bond motifs is 21. The van der Waals surface area contributed by atoms with Crippen LogP contribution in [0.4, 0.5) is 51.2 Å². The van der Waals surface area contributed by atoms with E-state index in [1.54, 1.807) is 12.4 Å². The van der Waals surface area contributed by atoms with Gasteiger partial charge in [-0.1, -0.05) is 412 Å². The zero-order valence-electron chi connectivity index (χ0n) is 78.7. The molecule has 10 nitrogen and oxygen atoms in total. The highest BCUT2D eigenvalue weighted by Crippen LogP contribution is 2.70. The standard InChI is InChI=1S/C43H31N3.C42H29N3O.C42H27N3.C6H5Cl/c1-42(35-23-14-28-44-40(35)41-36(42)24-15-29-45-41)32-20-8-11-25-37(32)46-38-26-12-9-21-33(38)43(30-16-4-2-5-17-30,31-18-6-3-7-19-31)34-22-10-13-27-39(34)46;46-42(34-22-13-27-43-39(34)40-35(42)23-14-28-44-40)33-21-9-12-26-38(33)45-36-24-10-7-19-31(36)41(29-15-3-1-4-16-29,30-17-5-2-6-18-30)32-20-8-11-25-37(32)45;1-3-14-28(15-4-1)41(29-16-5-2-6-17-29)30-18-7-9-24-36(30)45-37-25-10-8-19-31(37)42(35-21-11-20-34(41)40(35)45)32-22-12-26-43-38(32)39-33(42)23-13-27-44-39;7-6-4-2-1-3-5-6/h2-29H,1H3;1-28,46H;1-27H;1-5H. The maximum absolute atomic E-state index is 13.0. The smallest absolute Gasteiger partial charge is 0.146 e. The zero-order chi connectivity index (χ0) is 96.1. The van der Waals surface area contributed by atoms with Crippen molar-refractivity contribution in [2.45, 2.75) is 39.6 Å². The van der Waals surface area contributed by atoms with Crippen LogP contribution in [0, 0.1) is 0 Å². The van der Waals surface area contributed by atoms with Gasteiger partial charge in [0.25, 0.3) is 0 Å². The fourth-order valence-electron chi connectivity index (χ4n) is 25.2.